The van der Waals surface area contributed by atoms with Gasteiger partial charge in [-0.2, -0.15) is 5.10 Å². The lowest BCUT2D eigenvalue weighted by molar-refractivity contribution is 0.442. The Hall–Kier alpha value is -1.33. The summed E-state index contributed by atoms with van der Waals surface area (Å²) in [6.45, 7) is 6.14. The van der Waals surface area contributed by atoms with Gasteiger partial charge in [-0.15, -0.1) is 11.8 Å². The fourth-order valence-corrected chi connectivity index (χ4v) is 4.38. The number of likely N-dealkylation sites (N-methyl/N-ethyl adjacent to an activating group) is 1. The molecule has 2 heterocycles. The van der Waals surface area contributed by atoms with Gasteiger partial charge >= 0.3 is 0 Å². The molecule has 5 heteroatoms. The maximum absolute atomic E-state index is 4.44. The fraction of sp³-hybridized carbons (Fsp3) is 0.500. The van der Waals surface area contributed by atoms with Gasteiger partial charge in [-0.3, -0.25) is 4.68 Å². The molecule has 0 spiro atoms. The molecule has 0 fully saturated rings. The minimum absolute atomic E-state index is 0.417. The van der Waals surface area contributed by atoms with E-state index in [1.165, 1.54) is 10.5 Å². The molecule has 1 aromatic carbocycles. The van der Waals surface area contributed by atoms with E-state index in [9.17, 15) is 0 Å². The summed E-state index contributed by atoms with van der Waals surface area (Å²) in [4.78, 5) is 5.87. The summed E-state index contributed by atoms with van der Waals surface area (Å²) in [7, 11) is 0. The molecule has 112 valence electrons. The van der Waals surface area contributed by atoms with Crippen LogP contribution in [-0.2, 0) is 13.0 Å². The molecule has 21 heavy (non-hydrogen) atoms. The van der Waals surface area contributed by atoms with Crippen LogP contribution in [-0.4, -0.2) is 33.1 Å². The SMILES string of the molecule is CCNC(Cc1ncnn1CC)C1CSc2ccccc21. The Labute approximate surface area is 130 Å². The number of nitrogens with zero attached hydrogens (tertiary/aromatic N) is 3. The van der Waals surface area contributed by atoms with Crippen molar-refractivity contribution in [1.29, 1.82) is 0 Å². The Morgan fingerprint density at radius 2 is 2.24 bits per heavy atom. The van der Waals surface area contributed by atoms with Crippen LogP contribution in [0.2, 0.25) is 0 Å². The Morgan fingerprint density at radius 1 is 1.38 bits per heavy atom. The molecule has 0 aliphatic carbocycles. The van der Waals surface area contributed by atoms with Crippen LogP contribution in [0.1, 0.15) is 31.2 Å². The van der Waals surface area contributed by atoms with Crippen molar-refractivity contribution in [2.45, 2.75) is 43.7 Å². The summed E-state index contributed by atoms with van der Waals surface area (Å²) < 4.78 is 2.00. The van der Waals surface area contributed by atoms with E-state index < -0.39 is 0 Å². The number of nitrogens with one attached hydrogen (secondary N) is 1. The number of hydrogen-bond donors (Lipinski definition) is 1. The first-order chi connectivity index (χ1) is 10.3. The van der Waals surface area contributed by atoms with Crippen LogP contribution in [0.3, 0.4) is 0 Å². The highest BCUT2D eigenvalue weighted by Gasteiger charge is 2.30. The zero-order valence-corrected chi connectivity index (χ0v) is 13.4. The van der Waals surface area contributed by atoms with Crippen LogP contribution in [0, 0.1) is 0 Å². The predicted molar refractivity (Wildman–Crippen MR) is 86.8 cm³/mol. The van der Waals surface area contributed by atoms with Gasteiger partial charge in [0.25, 0.3) is 0 Å². The number of rotatable bonds is 6. The number of aromatic nitrogens is 3. The van der Waals surface area contributed by atoms with Crippen LogP contribution >= 0.6 is 11.8 Å². The van der Waals surface area contributed by atoms with Gasteiger partial charge in [0.2, 0.25) is 0 Å². The van der Waals surface area contributed by atoms with Crippen molar-refractivity contribution in [2.75, 3.05) is 12.3 Å². The number of fused-ring (bicyclic) bond motifs is 1. The maximum atomic E-state index is 4.44. The van der Waals surface area contributed by atoms with E-state index in [2.05, 4.69) is 53.5 Å². The minimum atomic E-state index is 0.417. The van der Waals surface area contributed by atoms with Gasteiger partial charge in [0.05, 0.1) is 0 Å². The zero-order chi connectivity index (χ0) is 14.7. The van der Waals surface area contributed by atoms with E-state index in [-0.39, 0.29) is 0 Å². The van der Waals surface area contributed by atoms with Crippen molar-refractivity contribution in [3.63, 3.8) is 0 Å². The van der Waals surface area contributed by atoms with E-state index in [1.807, 2.05) is 16.4 Å². The first kappa shape index (κ1) is 14.6. The maximum Gasteiger partial charge on any atom is 0.138 e. The largest absolute Gasteiger partial charge is 0.313 e. The van der Waals surface area contributed by atoms with Gasteiger partial charge in [0.1, 0.15) is 12.2 Å². The molecule has 1 aromatic heterocycles. The molecule has 0 amide bonds. The summed E-state index contributed by atoms with van der Waals surface area (Å²) >= 11 is 1.97. The summed E-state index contributed by atoms with van der Waals surface area (Å²) in [5, 5.41) is 7.95. The van der Waals surface area contributed by atoms with Crippen molar-refractivity contribution in [3.8, 4) is 0 Å². The first-order valence-corrected chi connectivity index (χ1v) is 8.63. The van der Waals surface area contributed by atoms with Crippen LogP contribution in [0.15, 0.2) is 35.5 Å². The average molecular weight is 302 g/mol. The summed E-state index contributed by atoms with van der Waals surface area (Å²) in [6.07, 6.45) is 2.60. The van der Waals surface area contributed by atoms with Crippen LogP contribution in [0.5, 0.6) is 0 Å². The molecule has 0 saturated heterocycles. The Kier molecular flexibility index (Phi) is 4.60. The van der Waals surface area contributed by atoms with Crippen LogP contribution in [0.4, 0.5) is 0 Å². The fourth-order valence-electron chi connectivity index (χ4n) is 3.05. The quantitative estimate of drug-likeness (QED) is 0.891. The van der Waals surface area contributed by atoms with Crippen LogP contribution in [0.25, 0.3) is 0 Å². The molecule has 2 aromatic rings. The smallest absolute Gasteiger partial charge is 0.138 e. The third-order valence-corrected chi connectivity index (χ3v) is 5.30. The standard InChI is InChI=1S/C16H22N4S/c1-3-17-14(9-16-18-11-19-20(16)4-2)13-10-21-15-8-6-5-7-12(13)15/h5-8,11,13-14,17H,3-4,9-10H2,1-2H3. The van der Waals surface area contributed by atoms with Gasteiger partial charge in [-0.25, -0.2) is 4.98 Å². The molecule has 1 N–H and O–H groups in total. The van der Waals surface area contributed by atoms with Gasteiger partial charge in [0.15, 0.2) is 0 Å². The van der Waals surface area contributed by atoms with E-state index in [1.54, 1.807) is 6.33 Å². The van der Waals surface area contributed by atoms with E-state index in [4.69, 9.17) is 0 Å². The predicted octanol–water partition coefficient (Wildman–Crippen LogP) is 2.71. The van der Waals surface area contributed by atoms with E-state index in [0.29, 0.717) is 12.0 Å². The molecule has 2 unspecified atom stereocenters. The molecule has 1 aliphatic heterocycles. The Morgan fingerprint density at radius 3 is 3.05 bits per heavy atom. The second-order valence-electron chi connectivity index (χ2n) is 5.32. The van der Waals surface area contributed by atoms with Gasteiger partial charge in [0, 0.05) is 35.6 Å². The first-order valence-electron chi connectivity index (χ1n) is 7.65. The van der Waals surface area contributed by atoms with Crippen molar-refractivity contribution < 1.29 is 0 Å². The number of hydrogen-bond acceptors (Lipinski definition) is 4. The average Bonchev–Trinajstić information content (AvgIpc) is 3.12. The molecule has 0 saturated carbocycles. The number of aryl methyl sites for hydroxylation is 1. The summed E-state index contributed by atoms with van der Waals surface area (Å²) in [6, 6.07) is 9.20. The molecule has 3 rings (SSSR count). The van der Waals surface area contributed by atoms with Crippen molar-refractivity contribution in [2.24, 2.45) is 0 Å². The van der Waals surface area contributed by atoms with Gasteiger partial charge < -0.3 is 5.32 Å². The highest BCUT2D eigenvalue weighted by Crippen LogP contribution is 2.41. The monoisotopic (exact) mass is 302 g/mol. The molecule has 1 aliphatic rings. The normalized spacial score (nSPS) is 18.7. The van der Waals surface area contributed by atoms with E-state index in [0.717, 1.165) is 31.1 Å². The van der Waals surface area contributed by atoms with Crippen molar-refractivity contribution in [3.05, 3.63) is 42.0 Å². The summed E-state index contributed by atoms with van der Waals surface area (Å²) in [5.74, 6) is 2.78. The topological polar surface area (TPSA) is 42.7 Å². The lowest BCUT2D eigenvalue weighted by Crippen LogP contribution is -2.37. The number of thioether (sulfide) groups is 1. The minimum Gasteiger partial charge on any atom is -0.313 e. The molecule has 4 nitrogen and oxygen atoms in total. The highest BCUT2D eigenvalue weighted by molar-refractivity contribution is 7.99. The van der Waals surface area contributed by atoms with E-state index >= 15 is 0 Å². The molecular formula is C16H22N4S. The van der Waals surface area contributed by atoms with Crippen LogP contribution < -0.4 is 5.32 Å². The Balaban J connectivity index is 1.82. The van der Waals surface area contributed by atoms with Crippen molar-refractivity contribution in [1.82, 2.24) is 20.1 Å². The zero-order valence-electron chi connectivity index (χ0n) is 12.6. The second kappa shape index (κ2) is 6.62. The molecule has 0 radical (unpaired) electrons. The van der Waals surface area contributed by atoms with Crippen molar-refractivity contribution >= 4 is 11.8 Å². The van der Waals surface area contributed by atoms with Gasteiger partial charge in [-0.1, -0.05) is 25.1 Å². The number of benzene rings is 1. The lowest BCUT2D eigenvalue weighted by atomic mass is 9.91. The molecule has 2 atom stereocenters. The third-order valence-electron chi connectivity index (χ3n) is 4.09. The Bertz CT molecular complexity index is 595. The second-order valence-corrected chi connectivity index (χ2v) is 6.38. The molecular weight excluding hydrogens is 280 g/mol. The van der Waals surface area contributed by atoms with Gasteiger partial charge in [-0.05, 0) is 25.1 Å². The summed E-state index contributed by atoms with van der Waals surface area (Å²) in [5.41, 5.74) is 1.48. The highest BCUT2D eigenvalue weighted by atomic mass is 32.2. The molecule has 0 bridgehead atoms. The third kappa shape index (κ3) is 2.99. The lowest BCUT2D eigenvalue weighted by Gasteiger charge is -2.24.